The molecule has 0 bridgehead atoms. The van der Waals surface area contributed by atoms with E-state index in [9.17, 15) is 19.8 Å². The first-order valence-electron chi connectivity index (χ1n) is 12.0. The van der Waals surface area contributed by atoms with Crippen LogP contribution in [0.5, 0.6) is 0 Å². The largest absolute Gasteiger partial charge is 0.871 e. The summed E-state index contributed by atoms with van der Waals surface area (Å²) in [6.07, 6.45) is 1.70. The number of Topliss-reactive ketones (excluding diaryl/α,β-unsaturated/α-hetero) is 1. The summed E-state index contributed by atoms with van der Waals surface area (Å²) in [6.45, 7) is 6.60. The second kappa shape index (κ2) is 8.19. The van der Waals surface area contributed by atoms with E-state index in [4.69, 9.17) is 0 Å². The minimum Gasteiger partial charge on any atom is -0.871 e. The van der Waals surface area contributed by atoms with Crippen LogP contribution in [0.25, 0.3) is 16.3 Å². The second-order valence-electron chi connectivity index (χ2n) is 9.96. The molecule has 0 radical (unpaired) electrons. The van der Waals surface area contributed by atoms with Gasteiger partial charge >= 0.3 is 5.97 Å². The fourth-order valence-electron chi connectivity index (χ4n) is 5.43. The summed E-state index contributed by atoms with van der Waals surface area (Å²) in [7, 11) is 3.93. The Balaban J connectivity index is 1.63. The minimum absolute atomic E-state index is 0.165. The van der Waals surface area contributed by atoms with Crippen molar-refractivity contribution in [2.24, 2.45) is 0 Å². The van der Waals surface area contributed by atoms with E-state index in [1.165, 1.54) is 0 Å². The van der Waals surface area contributed by atoms with Crippen LogP contribution < -0.4 is 10.0 Å². The van der Waals surface area contributed by atoms with Gasteiger partial charge in [-0.15, -0.1) is 0 Å². The molecule has 1 aliphatic carbocycles. The van der Waals surface area contributed by atoms with Crippen LogP contribution in [0.1, 0.15) is 42.3 Å². The maximum atomic E-state index is 13.4. The molecule has 3 aromatic rings. The van der Waals surface area contributed by atoms with Crippen molar-refractivity contribution in [3.63, 3.8) is 0 Å². The Labute approximate surface area is 210 Å². The van der Waals surface area contributed by atoms with Gasteiger partial charge in [0.05, 0.1) is 11.0 Å². The van der Waals surface area contributed by atoms with Crippen molar-refractivity contribution in [1.82, 2.24) is 0 Å². The number of rotatable bonds is 5. The molecule has 6 nitrogen and oxygen atoms in total. The van der Waals surface area contributed by atoms with Gasteiger partial charge in [-0.05, 0) is 49.9 Å². The Morgan fingerprint density at radius 1 is 1.08 bits per heavy atom. The average Bonchev–Trinajstić information content (AvgIpc) is 3.07. The van der Waals surface area contributed by atoms with Gasteiger partial charge in [0.2, 0.25) is 5.69 Å². The number of allylic oxidation sites excluding steroid dienone is 3. The molecule has 36 heavy (non-hydrogen) atoms. The highest BCUT2D eigenvalue weighted by atomic mass is 16.4. The Morgan fingerprint density at radius 3 is 2.39 bits per heavy atom. The van der Waals surface area contributed by atoms with Crippen LogP contribution in [0.3, 0.4) is 0 Å². The Kier molecular flexibility index (Phi) is 5.36. The van der Waals surface area contributed by atoms with Crippen LogP contribution in [0.15, 0.2) is 72.0 Å². The summed E-state index contributed by atoms with van der Waals surface area (Å²) in [5.41, 5.74) is 4.27. The molecule has 0 saturated heterocycles. The van der Waals surface area contributed by atoms with Crippen LogP contribution in [0.4, 0.5) is 11.4 Å². The summed E-state index contributed by atoms with van der Waals surface area (Å²) >= 11 is 0. The molecule has 3 aromatic carbocycles. The Hall–Kier alpha value is -4.19. The Bertz CT molecular complexity index is 1570. The number of ketones is 1. The number of carbonyl (C=O) groups is 2. The Morgan fingerprint density at radius 2 is 1.78 bits per heavy atom. The van der Waals surface area contributed by atoms with E-state index >= 15 is 0 Å². The zero-order valence-electron chi connectivity index (χ0n) is 21.0. The number of anilines is 1. The predicted octanol–water partition coefficient (Wildman–Crippen LogP) is 4.28. The van der Waals surface area contributed by atoms with Gasteiger partial charge in [-0.1, -0.05) is 36.1 Å². The number of aromatic carboxylic acids is 1. The average molecular weight is 481 g/mol. The number of hydrogen-bond donors (Lipinski definition) is 1. The minimum atomic E-state index is -0.987. The van der Waals surface area contributed by atoms with Gasteiger partial charge in [0, 0.05) is 54.0 Å². The molecule has 0 saturated carbocycles. The first-order valence-corrected chi connectivity index (χ1v) is 12.0. The molecule has 0 spiro atoms. The van der Waals surface area contributed by atoms with E-state index in [0.29, 0.717) is 12.1 Å². The maximum absolute atomic E-state index is 13.4. The highest BCUT2D eigenvalue weighted by molar-refractivity contribution is 6.41. The SMILES string of the molecule is CC[N+]1=C(C=C2C(=O)C(c3ccc(N(C)C)c4ccccc34)=C2[O-])C(C)(C)c2cc(C(=O)O)ccc21. The molecular weight excluding hydrogens is 452 g/mol. The molecule has 0 amide bonds. The highest BCUT2D eigenvalue weighted by Gasteiger charge is 2.45. The number of hydrogen-bond acceptors (Lipinski definition) is 4. The number of carboxylic acids is 1. The number of benzene rings is 3. The lowest BCUT2D eigenvalue weighted by atomic mass is 9.76. The van der Waals surface area contributed by atoms with E-state index < -0.39 is 11.4 Å². The lowest BCUT2D eigenvalue weighted by Gasteiger charge is -2.32. The topological polar surface area (TPSA) is 83.7 Å². The van der Waals surface area contributed by atoms with Gasteiger partial charge in [-0.2, -0.15) is 4.58 Å². The third-order valence-corrected chi connectivity index (χ3v) is 7.33. The van der Waals surface area contributed by atoms with Gasteiger partial charge in [-0.3, -0.25) is 4.79 Å². The van der Waals surface area contributed by atoms with Crippen LogP contribution in [0, 0.1) is 0 Å². The van der Waals surface area contributed by atoms with Gasteiger partial charge in [0.1, 0.15) is 6.54 Å². The van der Waals surface area contributed by atoms with Gasteiger partial charge in [0.25, 0.3) is 0 Å². The molecule has 0 aromatic heterocycles. The van der Waals surface area contributed by atoms with Crippen molar-refractivity contribution in [2.75, 3.05) is 25.5 Å². The molecule has 0 atom stereocenters. The fraction of sp³-hybridized carbons (Fsp3) is 0.233. The van der Waals surface area contributed by atoms with Gasteiger partial charge < -0.3 is 15.1 Å². The monoisotopic (exact) mass is 480 g/mol. The van der Waals surface area contributed by atoms with Crippen LogP contribution >= 0.6 is 0 Å². The van der Waals surface area contributed by atoms with E-state index in [1.807, 2.05) is 80.7 Å². The van der Waals surface area contributed by atoms with Crippen molar-refractivity contribution in [3.05, 3.63) is 88.7 Å². The quantitative estimate of drug-likeness (QED) is 0.435. The molecule has 0 unspecified atom stereocenters. The number of fused-ring (bicyclic) bond motifs is 2. The third kappa shape index (κ3) is 3.28. The van der Waals surface area contributed by atoms with Gasteiger partial charge in [-0.25, -0.2) is 4.79 Å². The molecule has 1 heterocycles. The van der Waals surface area contributed by atoms with E-state index in [0.717, 1.165) is 33.4 Å². The molecular formula is C30H28N2O4. The van der Waals surface area contributed by atoms with Crippen molar-refractivity contribution in [3.8, 4) is 0 Å². The zero-order valence-corrected chi connectivity index (χ0v) is 21.0. The molecule has 182 valence electrons. The smallest absolute Gasteiger partial charge is 0.335 e. The first-order chi connectivity index (χ1) is 17.1. The predicted molar refractivity (Wildman–Crippen MR) is 140 cm³/mol. The number of nitrogens with zero attached hydrogens (tertiary/aromatic N) is 2. The highest BCUT2D eigenvalue weighted by Crippen LogP contribution is 2.44. The summed E-state index contributed by atoms with van der Waals surface area (Å²) in [4.78, 5) is 27.0. The summed E-state index contributed by atoms with van der Waals surface area (Å²) in [6, 6.07) is 16.7. The standard InChI is InChI=1S/C30H28N2O4/c1-6-32-24-13-11-17(29(35)36)15-22(24)30(2,3)25(32)16-21-27(33)26(28(21)34)20-12-14-23(31(4)5)19-10-8-7-9-18(19)20/h7-16H,6H2,1-5H3,(H-,33,34,35,36). The normalized spacial score (nSPS) is 17.6. The summed E-state index contributed by atoms with van der Waals surface area (Å²) in [5, 5.41) is 24.7. The number of carboxylic acid groups (broad SMARTS) is 1. The van der Waals surface area contributed by atoms with Crippen molar-refractivity contribution < 1.29 is 24.4 Å². The van der Waals surface area contributed by atoms with Crippen LogP contribution in [-0.4, -0.2) is 47.8 Å². The lowest BCUT2D eigenvalue weighted by molar-refractivity contribution is -0.433. The molecule has 5 rings (SSSR count). The molecule has 2 aliphatic rings. The zero-order chi connectivity index (χ0) is 25.9. The van der Waals surface area contributed by atoms with Crippen LogP contribution in [0.2, 0.25) is 0 Å². The molecule has 0 fully saturated rings. The summed E-state index contributed by atoms with van der Waals surface area (Å²) in [5.74, 6) is -1.51. The fourth-order valence-corrected chi connectivity index (χ4v) is 5.43. The second-order valence-corrected chi connectivity index (χ2v) is 9.96. The maximum Gasteiger partial charge on any atom is 0.335 e. The molecule has 6 heteroatoms. The third-order valence-electron chi connectivity index (χ3n) is 7.33. The van der Waals surface area contributed by atoms with E-state index in [1.54, 1.807) is 24.3 Å². The van der Waals surface area contributed by atoms with Gasteiger partial charge in [0.15, 0.2) is 11.5 Å². The van der Waals surface area contributed by atoms with Crippen molar-refractivity contribution in [2.45, 2.75) is 26.2 Å². The van der Waals surface area contributed by atoms with Crippen molar-refractivity contribution in [1.29, 1.82) is 0 Å². The van der Waals surface area contributed by atoms with Crippen molar-refractivity contribution >= 4 is 45.2 Å². The molecule has 1 aliphatic heterocycles. The molecule has 1 N–H and O–H groups in total. The van der Waals surface area contributed by atoms with Crippen LogP contribution in [-0.2, 0) is 10.2 Å². The first kappa shape index (κ1) is 23.5. The number of carbonyl (C=O) groups excluding carboxylic acids is 1. The summed E-state index contributed by atoms with van der Waals surface area (Å²) < 4.78 is 2.05. The lowest BCUT2D eigenvalue weighted by Crippen LogP contribution is -2.33. The van der Waals surface area contributed by atoms with E-state index in [2.05, 4.69) is 0 Å². The van der Waals surface area contributed by atoms with E-state index in [-0.39, 0.29) is 28.3 Å².